The number of likely N-dealkylation sites (tertiary alicyclic amines) is 1. The molecule has 9 nitrogen and oxygen atoms in total. The first-order valence-corrected chi connectivity index (χ1v) is 13.2. The van der Waals surface area contributed by atoms with Gasteiger partial charge in [0.15, 0.2) is 0 Å². The van der Waals surface area contributed by atoms with Crippen LogP contribution >= 0.6 is 0 Å². The number of nitrogens with one attached hydrogen (secondary N) is 2. The first kappa shape index (κ1) is 25.5. The molecule has 0 bridgehead atoms. The van der Waals surface area contributed by atoms with E-state index in [1.54, 1.807) is 17.9 Å². The fourth-order valence-electron chi connectivity index (χ4n) is 5.45. The van der Waals surface area contributed by atoms with Crippen molar-refractivity contribution in [1.29, 1.82) is 0 Å². The second-order valence-corrected chi connectivity index (χ2v) is 11.2. The summed E-state index contributed by atoms with van der Waals surface area (Å²) in [4.78, 5) is 15.2. The number of anilines is 2. The Kier molecular flexibility index (Phi) is 7.64. The van der Waals surface area contributed by atoms with Crippen molar-refractivity contribution in [2.45, 2.75) is 45.4 Å². The van der Waals surface area contributed by atoms with Gasteiger partial charge in [-0.2, -0.15) is 13.5 Å². The van der Waals surface area contributed by atoms with Crippen molar-refractivity contribution in [3.05, 3.63) is 40.7 Å². The first-order chi connectivity index (χ1) is 15.8. The number of rotatable bonds is 7. The third-order valence-corrected chi connectivity index (χ3v) is 8.38. The second kappa shape index (κ2) is 10.2. The average Bonchev–Trinajstić information content (AvgIpc) is 3.46. The van der Waals surface area contributed by atoms with E-state index in [0.717, 1.165) is 57.3 Å². The van der Waals surface area contributed by atoms with Gasteiger partial charge in [-0.25, -0.2) is 13.8 Å². The van der Waals surface area contributed by atoms with Gasteiger partial charge < -0.3 is 10.2 Å². The number of aryl methyl sites for hydroxylation is 3. The van der Waals surface area contributed by atoms with E-state index in [-0.39, 0.29) is 36.1 Å². The summed E-state index contributed by atoms with van der Waals surface area (Å²) in [5.41, 5.74) is 6.17. The topological polar surface area (TPSA) is 99.6 Å². The van der Waals surface area contributed by atoms with Crippen LogP contribution in [0, 0.1) is 5.92 Å². The number of carbonyl (C=O) groups excluding carboxylic acids is 1. The van der Waals surface area contributed by atoms with Gasteiger partial charge in [-0.1, -0.05) is 13.0 Å². The van der Waals surface area contributed by atoms with Crippen LogP contribution in [0.3, 0.4) is 0 Å². The number of fused-ring (bicyclic) bond motifs is 2. The van der Waals surface area contributed by atoms with Crippen molar-refractivity contribution in [3.8, 4) is 0 Å². The zero-order valence-corrected chi connectivity index (χ0v) is 20.1. The molecule has 2 amide bonds. The number of hydrogen-bond acceptors (Lipinski definition) is 5. The van der Waals surface area contributed by atoms with E-state index in [1.807, 2.05) is 0 Å². The van der Waals surface area contributed by atoms with Gasteiger partial charge in [-0.15, -0.1) is 0 Å². The first-order valence-electron chi connectivity index (χ1n) is 11.8. The summed E-state index contributed by atoms with van der Waals surface area (Å²) >= 11 is 0. The molecule has 2 N–H and O–H groups in total. The molecule has 1 fully saturated rings. The number of hydrogen-bond donors (Lipinski definition) is 2. The minimum absolute atomic E-state index is 0. The predicted molar refractivity (Wildman–Crippen MR) is 135 cm³/mol. The third-order valence-electron chi connectivity index (χ3n) is 6.96. The average molecular weight is 497 g/mol. The van der Waals surface area contributed by atoms with Gasteiger partial charge in [-0.3, -0.25) is 4.68 Å². The molecule has 180 valence electrons. The van der Waals surface area contributed by atoms with Crippen LogP contribution in [0.1, 0.15) is 42.0 Å². The van der Waals surface area contributed by atoms with Crippen LogP contribution in [0.25, 0.3) is 0 Å². The molecule has 1 aromatic heterocycles. The fourth-order valence-corrected chi connectivity index (χ4v) is 6.54. The molecule has 0 saturated carbocycles. The van der Waals surface area contributed by atoms with Gasteiger partial charge in [0, 0.05) is 45.1 Å². The van der Waals surface area contributed by atoms with Crippen molar-refractivity contribution in [1.82, 2.24) is 19.4 Å². The van der Waals surface area contributed by atoms with E-state index in [9.17, 15) is 13.2 Å². The molecule has 34 heavy (non-hydrogen) atoms. The van der Waals surface area contributed by atoms with Crippen molar-refractivity contribution in [3.63, 3.8) is 0 Å². The molecule has 0 spiro atoms. The molecule has 2 aromatic rings. The Balaban J connectivity index is 0.00000274. The molecule has 1 aromatic carbocycles. The SMILES string of the molecule is CC1CN(CCN(c2cnn(C)c2)S(=O)(=O)NC(=O)Nc2c3c(cc4c2CCC4)CCC3)C1.[NaH]. The van der Waals surface area contributed by atoms with Crippen LogP contribution in [0.5, 0.6) is 0 Å². The summed E-state index contributed by atoms with van der Waals surface area (Å²) in [5.74, 6) is 0.631. The molecular formula is C23H33N6NaO3S. The fraction of sp³-hybridized carbons (Fsp3) is 0.565. The van der Waals surface area contributed by atoms with Crippen molar-refractivity contribution in [2.75, 3.05) is 35.8 Å². The number of amides is 2. The summed E-state index contributed by atoms with van der Waals surface area (Å²) in [6.07, 6.45) is 9.15. The molecule has 2 aliphatic carbocycles. The summed E-state index contributed by atoms with van der Waals surface area (Å²) in [5, 5.41) is 7.03. The zero-order valence-electron chi connectivity index (χ0n) is 19.3. The maximum atomic E-state index is 13.3. The van der Waals surface area contributed by atoms with Crippen LogP contribution < -0.4 is 14.3 Å². The van der Waals surface area contributed by atoms with E-state index in [0.29, 0.717) is 18.2 Å². The number of benzene rings is 1. The van der Waals surface area contributed by atoms with Crippen molar-refractivity contribution in [2.24, 2.45) is 13.0 Å². The molecule has 0 atom stereocenters. The molecule has 3 aliphatic rings. The molecule has 1 aliphatic heterocycles. The van der Waals surface area contributed by atoms with Gasteiger partial charge in [-0.05, 0) is 66.7 Å². The summed E-state index contributed by atoms with van der Waals surface area (Å²) in [6, 6.07) is 1.57. The Morgan fingerprint density at radius 1 is 1.15 bits per heavy atom. The Labute approximate surface area is 223 Å². The second-order valence-electron chi connectivity index (χ2n) is 9.60. The van der Waals surface area contributed by atoms with E-state index >= 15 is 0 Å². The Morgan fingerprint density at radius 2 is 1.79 bits per heavy atom. The molecule has 11 heteroatoms. The van der Waals surface area contributed by atoms with Gasteiger partial charge in [0.05, 0.1) is 11.9 Å². The minimum atomic E-state index is -4.11. The number of aromatic nitrogens is 2. The third kappa shape index (κ3) is 5.16. The van der Waals surface area contributed by atoms with Gasteiger partial charge in [0.2, 0.25) is 0 Å². The molecular weight excluding hydrogens is 463 g/mol. The van der Waals surface area contributed by atoms with Crippen LogP contribution in [0.2, 0.25) is 0 Å². The number of urea groups is 1. The van der Waals surface area contributed by atoms with E-state index in [1.165, 1.54) is 32.8 Å². The van der Waals surface area contributed by atoms with E-state index in [2.05, 4.69) is 33.0 Å². The van der Waals surface area contributed by atoms with Crippen molar-refractivity contribution < 1.29 is 13.2 Å². The summed E-state index contributed by atoms with van der Waals surface area (Å²) < 4.78 is 31.6. The van der Waals surface area contributed by atoms with Gasteiger partial charge in [0.1, 0.15) is 0 Å². The normalized spacial score (nSPS) is 17.5. The number of carbonyl (C=O) groups is 1. The zero-order chi connectivity index (χ0) is 23.2. The Bertz CT molecular complexity index is 1140. The summed E-state index contributed by atoms with van der Waals surface area (Å²) in [7, 11) is -2.37. The van der Waals surface area contributed by atoms with Crippen molar-refractivity contribution >= 4 is 57.2 Å². The van der Waals surface area contributed by atoms with Crippen LogP contribution in [-0.2, 0) is 42.9 Å². The van der Waals surface area contributed by atoms with E-state index < -0.39 is 16.2 Å². The monoisotopic (exact) mass is 496 g/mol. The predicted octanol–water partition coefficient (Wildman–Crippen LogP) is 1.57. The Hall–Kier alpha value is -1.59. The van der Waals surface area contributed by atoms with Crippen LogP contribution in [0.15, 0.2) is 18.5 Å². The Morgan fingerprint density at radius 3 is 2.35 bits per heavy atom. The van der Waals surface area contributed by atoms with E-state index in [4.69, 9.17) is 0 Å². The molecule has 0 radical (unpaired) electrons. The van der Waals surface area contributed by atoms with Gasteiger partial charge >= 0.3 is 45.8 Å². The molecule has 5 rings (SSSR count). The van der Waals surface area contributed by atoms with Crippen LogP contribution in [0.4, 0.5) is 16.2 Å². The molecule has 2 heterocycles. The summed E-state index contributed by atoms with van der Waals surface area (Å²) in [6.45, 7) is 4.94. The molecule has 0 unspecified atom stereocenters. The molecule has 1 saturated heterocycles. The van der Waals surface area contributed by atoms with Crippen LogP contribution in [-0.4, -0.2) is 84.9 Å². The standard InChI is InChI=1S/C23H32N6O3S.Na.H/c1-16-13-28(14-16)9-10-29(19-12-24-27(2)15-19)33(31,32)26-23(30)25-22-20-7-3-5-17(20)11-18-6-4-8-21(18)22;;/h11-12,15-16H,3-10,13-14H2,1-2H3,(H2,25,26,30);;. The number of nitrogens with zero attached hydrogens (tertiary/aromatic N) is 4. The maximum absolute atomic E-state index is 13.3. The quantitative estimate of drug-likeness (QED) is 0.567. The van der Waals surface area contributed by atoms with Gasteiger partial charge in [0.25, 0.3) is 0 Å².